The Morgan fingerprint density at radius 3 is 2.63 bits per heavy atom. The van der Waals surface area contributed by atoms with Gasteiger partial charge in [-0.2, -0.15) is 0 Å². The van der Waals surface area contributed by atoms with Crippen LogP contribution in [0.1, 0.15) is 38.8 Å². The number of nitrogens with zero attached hydrogens (tertiary/aromatic N) is 5. The molecule has 3 heterocycles. The Bertz CT molecular complexity index is 895. The van der Waals surface area contributed by atoms with Crippen LogP contribution in [0.5, 0.6) is 5.75 Å². The van der Waals surface area contributed by atoms with Gasteiger partial charge in [0.1, 0.15) is 5.75 Å². The number of aromatic nitrogens is 2. The molecule has 0 unspecified atom stereocenters. The number of carbonyl (C=O) groups excluding carboxylic acids is 1. The van der Waals surface area contributed by atoms with Gasteiger partial charge in [-0.25, -0.2) is 9.97 Å². The molecule has 162 valence electrons. The third-order valence-electron chi connectivity index (χ3n) is 6.40. The topological polar surface area (TPSA) is 61.8 Å². The molecule has 0 radical (unpaired) electrons. The van der Waals surface area contributed by atoms with Gasteiger partial charge in [0.05, 0.1) is 17.8 Å². The van der Waals surface area contributed by atoms with Crippen molar-refractivity contribution in [2.75, 3.05) is 50.8 Å². The largest absolute Gasteiger partial charge is 0.494 e. The number of fused-ring (bicyclic) bond motifs is 1. The molecule has 4 rings (SSSR count). The number of anilines is 1. The summed E-state index contributed by atoms with van der Waals surface area (Å²) >= 11 is 0. The number of amides is 1. The van der Waals surface area contributed by atoms with Crippen LogP contribution in [0.3, 0.4) is 0 Å². The van der Waals surface area contributed by atoms with Crippen molar-refractivity contribution in [3.63, 3.8) is 0 Å². The molecule has 1 amide bonds. The maximum atomic E-state index is 11.6. The fourth-order valence-corrected chi connectivity index (χ4v) is 4.69. The number of likely N-dealkylation sites (tertiary alicyclic amines) is 1. The first-order chi connectivity index (χ1) is 14.5. The maximum Gasteiger partial charge on any atom is 0.226 e. The van der Waals surface area contributed by atoms with Gasteiger partial charge in [0, 0.05) is 57.6 Å². The molecule has 1 aromatic carbocycles. The monoisotopic (exact) mass is 411 g/mol. The first-order valence-corrected chi connectivity index (χ1v) is 11.2. The van der Waals surface area contributed by atoms with Crippen LogP contribution in [0.4, 0.5) is 5.95 Å². The Labute approximate surface area is 179 Å². The van der Waals surface area contributed by atoms with Gasteiger partial charge in [0.2, 0.25) is 11.9 Å². The van der Waals surface area contributed by atoms with E-state index in [0.717, 1.165) is 86.8 Å². The van der Waals surface area contributed by atoms with Crippen LogP contribution in [-0.4, -0.2) is 77.6 Å². The highest BCUT2D eigenvalue weighted by atomic mass is 16.5. The summed E-state index contributed by atoms with van der Waals surface area (Å²) in [6.07, 6.45) is 3.26. The Balaban J connectivity index is 1.43. The fraction of sp³-hybridized carbons (Fsp3) is 0.609. The van der Waals surface area contributed by atoms with E-state index in [2.05, 4.69) is 16.7 Å². The van der Waals surface area contributed by atoms with Crippen LogP contribution in [0.15, 0.2) is 18.2 Å². The predicted molar refractivity (Wildman–Crippen MR) is 119 cm³/mol. The molecule has 7 heteroatoms. The zero-order valence-electron chi connectivity index (χ0n) is 18.4. The average molecular weight is 412 g/mol. The molecule has 2 aliphatic heterocycles. The molecule has 2 saturated heterocycles. The first kappa shape index (κ1) is 20.8. The molecule has 1 aromatic heterocycles. The lowest BCUT2D eigenvalue weighted by molar-refractivity contribution is -0.130. The second-order valence-electron chi connectivity index (χ2n) is 8.33. The molecule has 2 aliphatic rings. The van der Waals surface area contributed by atoms with E-state index in [-0.39, 0.29) is 5.91 Å². The van der Waals surface area contributed by atoms with E-state index < -0.39 is 0 Å². The van der Waals surface area contributed by atoms with Crippen LogP contribution in [-0.2, 0) is 4.79 Å². The van der Waals surface area contributed by atoms with Gasteiger partial charge in [-0.1, -0.05) is 0 Å². The van der Waals surface area contributed by atoms with E-state index in [1.165, 1.54) is 0 Å². The van der Waals surface area contributed by atoms with E-state index >= 15 is 0 Å². The lowest BCUT2D eigenvalue weighted by atomic mass is 10.0. The zero-order chi connectivity index (χ0) is 21.1. The highest BCUT2D eigenvalue weighted by Crippen LogP contribution is 2.25. The smallest absolute Gasteiger partial charge is 0.226 e. The number of hydrogen-bond acceptors (Lipinski definition) is 6. The summed E-state index contributed by atoms with van der Waals surface area (Å²) in [5.41, 5.74) is 1.97. The SMILES string of the molecule is CCOc1ccc2nc(N3CCCN(C4CCN(C(C)=O)CC4)CC3)nc(C)c2c1. The molecular formula is C23H33N5O2. The zero-order valence-corrected chi connectivity index (χ0v) is 18.4. The number of hydrogen-bond donors (Lipinski definition) is 0. The van der Waals surface area contributed by atoms with E-state index in [0.29, 0.717) is 12.6 Å². The van der Waals surface area contributed by atoms with E-state index in [1.807, 2.05) is 30.0 Å². The molecule has 0 N–H and O–H groups in total. The molecule has 30 heavy (non-hydrogen) atoms. The van der Waals surface area contributed by atoms with E-state index in [1.54, 1.807) is 6.92 Å². The number of rotatable bonds is 4. The summed E-state index contributed by atoms with van der Waals surface area (Å²) in [5.74, 6) is 1.90. The number of piperidine rings is 1. The number of ether oxygens (including phenoxy) is 1. The number of aryl methyl sites for hydroxylation is 1. The molecule has 0 atom stereocenters. The van der Waals surface area contributed by atoms with Gasteiger partial charge >= 0.3 is 0 Å². The standard InChI is InChI=1S/C23H33N5O2/c1-4-30-20-6-7-22-21(16-20)17(2)24-23(25-22)28-11-5-10-27(14-15-28)19-8-12-26(13-9-19)18(3)29/h6-7,16,19H,4-5,8-15H2,1-3H3. The van der Waals surface area contributed by atoms with Crippen LogP contribution < -0.4 is 9.64 Å². The van der Waals surface area contributed by atoms with Gasteiger partial charge < -0.3 is 14.5 Å². The van der Waals surface area contributed by atoms with Gasteiger partial charge in [-0.05, 0) is 51.3 Å². The third-order valence-corrected chi connectivity index (χ3v) is 6.40. The van der Waals surface area contributed by atoms with Crippen LogP contribution in [0.25, 0.3) is 10.9 Å². The second-order valence-corrected chi connectivity index (χ2v) is 8.33. The number of carbonyl (C=O) groups is 1. The van der Waals surface area contributed by atoms with Crippen molar-refractivity contribution in [3.8, 4) is 5.75 Å². The van der Waals surface area contributed by atoms with E-state index in [4.69, 9.17) is 14.7 Å². The molecule has 2 fully saturated rings. The molecule has 0 bridgehead atoms. The third kappa shape index (κ3) is 4.51. The fourth-order valence-electron chi connectivity index (χ4n) is 4.69. The molecule has 0 saturated carbocycles. The van der Waals surface area contributed by atoms with Crippen LogP contribution in [0, 0.1) is 6.92 Å². The van der Waals surface area contributed by atoms with Gasteiger partial charge in [-0.3, -0.25) is 9.69 Å². The summed E-state index contributed by atoms with van der Waals surface area (Å²) in [6.45, 7) is 12.2. The summed E-state index contributed by atoms with van der Waals surface area (Å²) in [4.78, 5) is 28.2. The van der Waals surface area contributed by atoms with Crippen molar-refractivity contribution in [2.24, 2.45) is 0 Å². The minimum atomic E-state index is 0.202. The molecule has 0 aliphatic carbocycles. The first-order valence-electron chi connectivity index (χ1n) is 11.2. The number of benzene rings is 1. The molecule has 7 nitrogen and oxygen atoms in total. The summed E-state index contributed by atoms with van der Waals surface area (Å²) in [7, 11) is 0. The molecule has 2 aromatic rings. The van der Waals surface area contributed by atoms with Crippen molar-refractivity contribution < 1.29 is 9.53 Å². The normalized spacial score (nSPS) is 19.2. The van der Waals surface area contributed by atoms with Crippen LogP contribution in [0.2, 0.25) is 0 Å². The highest BCUT2D eigenvalue weighted by molar-refractivity contribution is 5.83. The molecule has 0 spiro atoms. The van der Waals surface area contributed by atoms with Gasteiger partial charge in [-0.15, -0.1) is 0 Å². The quantitative estimate of drug-likeness (QED) is 0.771. The molecular weight excluding hydrogens is 378 g/mol. The highest BCUT2D eigenvalue weighted by Gasteiger charge is 2.27. The lowest BCUT2D eigenvalue weighted by Gasteiger charge is -2.37. The Morgan fingerprint density at radius 1 is 1.10 bits per heavy atom. The maximum absolute atomic E-state index is 11.6. The van der Waals surface area contributed by atoms with Crippen LogP contribution >= 0.6 is 0 Å². The lowest BCUT2D eigenvalue weighted by Crippen LogP contribution is -2.47. The predicted octanol–water partition coefficient (Wildman–Crippen LogP) is 2.86. The van der Waals surface area contributed by atoms with E-state index in [9.17, 15) is 4.79 Å². The minimum absolute atomic E-state index is 0.202. The van der Waals surface area contributed by atoms with Gasteiger partial charge in [0.25, 0.3) is 0 Å². The van der Waals surface area contributed by atoms with Crippen molar-refractivity contribution in [2.45, 2.75) is 46.1 Å². The van der Waals surface area contributed by atoms with Crippen molar-refractivity contribution in [3.05, 3.63) is 23.9 Å². The second kappa shape index (κ2) is 9.16. The Kier molecular flexibility index (Phi) is 6.37. The summed E-state index contributed by atoms with van der Waals surface area (Å²) in [6, 6.07) is 6.64. The average Bonchev–Trinajstić information content (AvgIpc) is 3.01. The van der Waals surface area contributed by atoms with Crippen molar-refractivity contribution >= 4 is 22.8 Å². The van der Waals surface area contributed by atoms with Gasteiger partial charge in [0.15, 0.2) is 0 Å². The summed E-state index contributed by atoms with van der Waals surface area (Å²) in [5, 5.41) is 1.05. The van der Waals surface area contributed by atoms with Crippen molar-refractivity contribution in [1.82, 2.24) is 19.8 Å². The Hall–Kier alpha value is -2.41. The van der Waals surface area contributed by atoms with Crippen molar-refractivity contribution in [1.29, 1.82) is 0 Å². The Morgan fingerprint density at radius 2 is 1.90 bits per heavy atom. The summed E-state index contributed by atoms with van der Waals surface area (Å²) < 4.78 is 5.63. The minimum Gasteiger partial charge on any atom is -0.494 e.